The van der Waals surface area contributed by atoms with Gasteiger partial charge in [0.25, 0.3) is 5.91 Å². The molecule has 4 aliphatic rings. The van der Waals surface area contributed by atoms with Gasteiger partial charge in [-0.3, -0.25) is 39.2 Å². The number of alkyl halides is 3. The van der Waals surface area contributed by atoms with E-state index in [4.69, 9.17) is 17.0 Å². The lowest BCUT2D eigenvalue weighted by Gasteiger charge is -2.34. The Morgan fingerprint density at radius 3 is 2.36 bits per heavy atom. The molecule has 0 bridgehead atoms. The van der Waals surface area contributed by atoms with Crippen molar-refractivity contribution in [1.29, 1.82) is 5.26 Å². The number of imide groups is 1. The van der Waals surface area contributed by atoms with Crippen molar-refractivity contribution in [3.8, 4) is 11.8 Å². The molecule has 0 radical (unpaired) electrons. The smallest absolute Gasteiger partial charge is 0.417 e. The molecule has 3 aromatic rings. The van der Waals surface area contributed by atoms with Crippen LogP contribution in [0.4, 0.5) is 35.9 Å². The summed E-state index contributed by atoms with van der Waals surface area (Å²) in [5.74, 6) is -0.286. The second-order valence-corrected chi connectivity index (χ2v) is 15.8. The third kappa shape index (κ3) is 8.79. The number of ether oxygens (including phenoxy) is 1. The Kier molecular flexibility index (Phi) is 11.5. The van der Waals surface area contributed by atoms with Crippen LogP contribution >= 0.6 is 12.2 Å². The van der Waals surface area contributed by atoms with E-state index < -0.39 is 34.8 Å². The Hall–Kier alpha value is -5.57. The molecule has 3 aromatic carbocycles. The molecule has 3 saturated heterocycles. The van der Waals surface area contributed by atoms with Crippen LogP contribution in [0.3, 0.4) is 0 Å². The van der Waals surface area contributed by atoms with Gasteiger partial charge in [-0.15, -0.1) is 0 Å². The van der Waals surface area contributed by atoms with Crippen molar-refractivity contribution >= 4 is 63.7 Å². The van der Waals surface area contributed by atoms with Crippen LogP contribution in [0.2, 0.25) is 0 Å². The Balaban J connectivity index is 0.914. The molecule has 0 aromatic heterocycles. The maximum Gasteiger partial charge on any atom is 0.417 e. The molecule has 7 rings (SSSR count). The highest BCUT2D eigenvalue weighted by Crippen LogP contribution is 2.47. The van der Waals surface area contributed by atoms with E-state index in [0.29, 0.717) is 49.7 Å². The molecule has 58 heavy (non-hydrogen) atoms. The summed E-state index contributed by atoms with van der Waals surface area (Å²) in [5, 5.41) is 17.7. The standard InChI is InChI=1S/C41H43F3N8O5S/c1-40(2)38(56)51(29-9-8-26(23-45)32(22-29)41(42,43)44)39(58)52(40)30-10-12-34(31(21-30)25-6-7-25)57-19-18-49-14-16-50(17-15-49)24-36(54)47-28-5-3-4-27(20-28)46-33-11-13-35(53)48-37(33)55/h3-5,8-10,12,20-22,25,33,46H,6-7,11,13-19,24H2,1-2H3,(H,47,54)(H,48,53,55). The van der Waals surface area contributed by atoms with Gasteiger partial charge in [0.05, 0.1) is 29.4 Å². The lowest BCUT2D eigenvalue weighted by molar-refractivity contribution is -0.138. The van der Waals surface area contributed by atoms with E-state index in [9.17, 15) is 37.6 Å². The summed E-state index contributed by atoms with van der Waals surface area (Å²) in [6, 6.07) is 16.9. The number of nitrogens with zero attached hydrogens (tertiary/aromatic N) is 5. The van der Waals surface area contributed by atoms with Gasteiger partial charge in [0, 0.05) is 56.2 Å². The van der Waals surface area contributed by atoms with Gasteiger partial charge in [0.2, 0.25) is 17.7 Å². The van der Waals surface area contributed by atoms with E-state index in [0.717, 1.165) is 54.3 Å². The van der Waals surface area contributed by atoms with Crippen LogP contribution in [0.5, 0.6) is 5.75 Å². The van der Waals surface area contributed by atoms with E-state index in [1.54, 1.807) is 55.1 Å². The molecule has 3 heterocycles. The summed E-state index contributed by atoms with van der Waals surface area (Å²) in [5.41, 5.74) is -0.0747. The van der Waals surface area contributed by atoms with Crippen LogP contribution in [0.15, 0.2) is 60.7 Å². The van der Waals surface area contributed by atoms with Crippen LogP contribution in [-0.2, 0) is 25.4 Å². The Morgan fingerprint density at radius 1 is 0.966 bits per heavy atom. The maximum atomic E-state index is 13.8. The van der Waals surface area contributed by atoms with Gasteiger partial charge in [0.1, 0.15) is 23.9 Å². The van der Waals surface area contributed by atoms with E-state index in [-0.39, 0.29) is 47.4 Å². The number of halogens is 3. The van der Waals surface area contributed by atoms with Crippen LogP contribution in [0.1, 0.15) is 62.1 Å². The quantitative estimate of drug-likeness (QED) is 0.163. The van der Waals surface area contributed by atoms with E-state index in [1.165, 1.54) is 6.07 Å². The summed E-state index contributed by atoms with van der Waals surface area (Å²) in [7, 11) is 0. The highest BCUT2D eigenvalue weighted by molar-refractivity contribution is 7.81. The van der Waals surface area contributed by atoms with Crippen molar-refractivity contribution in [3.63, 3.8) is 0 Å². The van der Waals surface area contributed by atoms with E-state index in [2.05, 4.69) is 25.8 Å². The zero-order chi connectivity index (χ0) is 41.4. The molecule has 1 saturated carbocycles. The summed E-state index contributed by atoms with van der Waals surface area (Å²) in [4.78, 5) is 57.4. The average molecular weight is 817 g/mol. The maximum absolute atomic E-state index is 13.8. The number of piperidine rings is 1. The summed E-state index contributed by atoms with van der Waals surface area (Å²) in [6.45, 7) is 7.61. The van der Waals surface area contributed by atoms with Crippen molar-refractivity contribution in [2.75, 3.05) is 66.3 Å². The van der Waals surface area contributed by atoms with Crippen molar-refractivity contribution in [1.82, 2.24) is 15.1 Å². The lowest BCUT2D eigenvalue weighted by Crippen LogP contribution is -2.49. The summed E-state index contributed by atoms with van der Waals surface area (Å²) >= 11 is 5.75. The first-order valence-corrected chi connectivity index (χ1v) is 19.5. The first kappa shape index (κ1) is 40.6. The Labute approximate surface area is 339 Å². The summed E-state index contributed by atoms with van der Waals surface area (Å²) in [6.07, 6.45) is -2.17. The molecule has 1 atom stereocenters. The van der Waals surface area contributed by atoms with Crippen molar-refractivity contribution in [3.05, 3.63) is 77.4 Å². The van der Waals surface area contributed by atoms with Gasteiger partial charge in [-0.2, -0.15) is 18.4 Å². The zero-order valence-electron chi connectivity index (χ0n) is 32.0. The molecule has 13 nitrogen and oxygen atoms in total. The normalized spacial score (nSPS) is 20.2. The van der Waals surface area contributed by atoms with Gasteiger partial charge >= 0.3 is 6.18 Å². The van der Waals surface area contributed by atoms with Crippen LogP contribution in [-0.4, -0.2) is 96.0 Å². The number of benzene rings is 3. The van der Waals surface area contributed by atoms with Gasteiger partial charge in [-0.25, -0.2) is 0 Å². The van der Waals surface area contributed by atoms with Gasteiger partial charge in [-0.1, -0.05) is 6.07 Å². The molecule has 304 valence electrons. The fourth-order valence-electron chi connectivity index (χ4n) is 7.56. The molecule has 17 heteroatoms. The van der Waals surface area contributed by atoms with Gasteiger partial charge in [-0.05, 0) is 111 Å². The number of anilines is 4. The number of thiocarbonyl (C=S) groups is 1. The van der Waals surface area contributed by atoms with Crippen molar-refractivity contribution < 1.29 is 37.1 Å². The minimum atomic E-state index is -4.79. The zero-order valence-corrected chi connectivity index (χ0v) is 32.8. The average Bonchev–Trinajstić information content (AvgIpc) is 4.00. The number of hydrogen-bond acceptors (Lipinski definition) is 10. The number of nitriles is 1. The fraction of sp³-hybridized carbons (Fsp3) is 0.415. The molecular weight excluding hydrogens is 774 g/mol. The first-order chi connectivity index (χ1) is 27.6. The molecule has 0 spiro atoms. The Bertz CT molecular complexity index is 2180. The highest BCUT2D eigenvalue weighted by atomic mass is 32.1. The monoisotopic (exact) mass is 816 g/mol. The van der Waals surface area contributed by atoms with Crippen LogP contribution < -0.4 is 30.5 Å². The fourth-order valence-corrected chi connectivity index (χ4v) is 8.08. The number of carbonyl (C=O) groups excluding carboxylic acids is 4. The topological polar surface area (TPSA) is 150 Å². The first-order valence-electron chi connectivity index (χ1n) is 19.1. The number of hydrogen-bond donors (Lipinski definition) is 3. The number of carbonyl (C=O) groups is 4. The van der Waals surface area contributed by atoms with Crippen LogP contribution in [0, 0.1) is 11.3 Å². The lowest BCUT2D eigenvalue weighted by atomic mass is 10.0. The molecule has 3 N–H and O–H groups in total. The third-order valence-corrected chi connectivity index (χ3v) is 11.2. The largest absolute Gasteiger partial charge is 0.492 e. The van der Waals surface area contributed by atoms with Crippen molar-refractivity contribution in [2.45, 2.75) is 63.2 Å². The number of amides is 4. The van der Waals surface area contributed by atoms with Crippen molar-refractivity contribution in [2.24, 2.45) is 0 Å². The molecule has 1 aliphatic carbocycles. The highest BCUT2D eigenvalue weighted by Gasteiger charge is 2.51. The number of rotatable bonds is 12. The second kappa shape index (κ2) is 16.4. The molecule has 4 amide bonds. The molecular formula is C41H43F3N8O5S. The van der Waals surface area contributed by atoms with Gasteiger partial charge < -0.3 is 20.3 Å². The second-order valence-electron chi connectivity index (χ2n) is 15.4. The third-order valence-electron chi connectivity index (χ3n) is 10.8. The molecule has 4 fully saturated rings. The van der Waals surface area contributed by atoms with Gasteiger partial charge in [0.15, 0.2) is 5.11 Å². The minimum absolute atomic E-state index is 0.0356. The molecule has 3 aliphatic heterocycles. The SMILES string of the molecule is CC1(C)C(=O)N(c2ccc(C#N)c(C(F)(F)F)c2)C(=S)N1c1ccc(OCCN2CCN(CC(=O)Nc3cccc(NC4CCC(=O)NC4=O)c3)CC2)c(C2CC2)c1. The van der Waals surface area contributed by atoms with E-state index >= 15 is 0 Å². The van der Waals surface area contributed by atoms with E-state index in [1.807, 2.05) is 12.1 Å². The Morgan fingerprint density at radius 2 is 1.67 bits per heavy atom. The number of nitrogens with one attached hydrogen (secondary N) is 3. The predicted molar refractivity (Wildman–Crippen MR) is 214 cm³/mol. The summed E-state index contributed by atoms with van der Waals surface area (Å²) < 4.78 is 47.7. The number of piperazine rings is 1. The minimum Gasteiger partial charge on any atom is -0.492 e. The molecule has 1 unspecified atom stereocenters. The van der Waals surface area contributed by atoms with Crippen LogP contribution in [0.25, 0.3) is 0 Å². The predicted octanol–water partition coefficient (Wildman–Crippen LogP) is 5.22.